The summed E-state index contributed by atoms with van der Waals surface area (Å²) in [6, 6.07) is 7.52. The lowest BCUT2D eigenvalue weighted by atomic mass is 9.88. The molecule has 0 saturated carbocycles. The molecule has 2 aliphatic rings. The molecule has 1 aromatic carbocycles. The van der Waals surface area contributed by atoms with Crippen LogP contribution in [0.1, 0.15) is 24.8 Å². The van der Waals surface area contributed by atoms with Gasteiger partial charge in [0.1, 0.15) is 11.8 Å². The summed E-state index contributed by atoms with van der Waals surface area (Å²) in [4.78, 5) is 12.6. The molecule has 132 valence electrons. The minimum Gasteiger partial charge on any atom is -0.464 e. The highest BCUT2D eigenvalue weighted by molar-refractivity contribution is 6.32. The number of hydrogen-bond acceptors (Lipinski definition) is 6. The van der Waals surface area contributed by atoms with E-state index in [0.717, 1.165) is 29.4 Å². The van der Waals surface area contributed by atoms with Crippen LogP contribution in [-0.4, -0.2) is 41.7 Å². The Kier molecular flexibility index (Phi) is 4.51. The van der Waals surface area contributed by atoms with Crippen molar-refractivity contribution in [1.82, 2.24) is 5.32 Å². The molecule has 25 heavy (non-hydrogen) atoms. The van der Waals surface area contributed by atoms with Gasteiger partial charge in [-0.15, -0.1) is 0 Å². The summed E-state index contributed by atoms with van der Waals surface area (Å²) in [6.07, 6.45) is 3.72. The molecule has 3 N–H and O–H groups in total. The SMILES string of the molecule is O=C(N[C@@H](Cc1coc2ccccc12)OB(O)O)[C@H]1C[C@H]2CC[C@@H]1O2. The van der Waals surface area contributed by atoms with E-state index >= 15 is 0 Å². The average Bonchev–Trinajstić information content (AvgIpc) is 3.30. The second kappa shape index (κ2) is 6.80. The number of rotatable bonds is 6. The number of furan rings is 1. The lowest BCUT2D eigenvalue weighted by Gasteiger charge is -2.23. The van der Waals surface area contributed by atoms with Crippen molar-refractivity contribution in [1.29, 1.82) is 0 Å². The van der Waals surface area contributed by atoms with Gasteiger partial charge < -0.3 is 29.2 Å². The Balaban J connectivity index is 1.47. The molecule has 2 saturated heterocycles. The molecular weight excluding hydrogens is 325 g/mol. The predicted molar refractivity (Wildman–Crippen MR) is 89.1 cm³/mol. The van der Waals surface area contributed by atoms with Crippen LogP contribution in [-0.2, 0) is 20.6 Å². The van der Waals surface area contributed by atoms with Crippen molar-refractivity contribution < 1.29 is 28.7 Å². The Morgan fingerprint density at radius 2 is 2.20 bits per heavy atom. The normalized spacial score (nSPS) is 26.1. The van der Waals surface area contributed by atoms with Crippen LogP contribution < -0.4 is 5.32 Å². The van der Waals surface area contributed by atoms with Crippen molar-refractivity contribution in [2.75, 3.05) is 0 Å². The maximum Gasteiger partial charge on any atom is 0.635 e. The third kappa shape index (κ3) is 3.43. The van der Waals surface area contributed by atoms with Gasteiger partial charge in [0, 0.05) is 17.4 Å². The van der Waals surface area contributed by atoms with Crippen LogP contribution >= 0.6 is 0 Å². The molecule has 0 aliphatic carbocycles. The van der Waals surface area contributed by atoms with Gasteiger partial charge in [0.05, 0.1) is 24.4 Å². The van der Waals surface area contributed by atoms with E-state index in [1.54, 1.807) is 6.26 Å². The lowest BCUT2D eigenvalue weighted by Crippen LogP contribution is -2.46. The van der Waals surface area contributed by atoms with Gasteiger partial charge in [-0.1, -0.05) is 18.2 Å². The number of nitrogens with one attached hydrogen (secondary N) is 1. The van der Waals surface area contributed by atoms with Crippen LogP contribution in [0.15, 0.2) is 34.9 Å². The van der Waals surface area contributed by atoms with E-state index in [1.165, 1.54) is 0 Å². The first kappa shape index (κ1) is 16.6. The van der Waals surface area contributed by atoms with Gasteiger partial charge in [-0.3, -0.25) is 4.79 Å². The Morgan fingerprint density at radius 3 is 2.92 bits per heavy atom. The van der Waals surface area contributed by atoms with Gasteiger partial charge in [0.15, 0.2) is 0 Å². The van der Waals surface area contributed by atoms with Crippen molar-refractivity contribution in [3.63, 3.8) is 0 Å². The van der Waals surface area contributed by atoms with Crippen LogP contribution in [0.3, 0.4) is 0 Å². The zero-order valence-corrected chi connectivity index (χ0v) is 13.6. The zero-order valence-electron chi connectivity index (χ0n) is 13.6. The van der Waals surface area contributed by atoms with Crippen LogP contribution in [0.2, 0.25) is 0 Å². The molecule has 8 heteroatoms. The number of carbonyl (C=O) groups excluding carboxylic acids is 1. The molecule has 2 bridgehead atoms. The molecule has 1 amide bonds. The molecule has 4 rings (SSSR count). The molecule has 0 spiro atoms. The fourth-order valence-electron chi connectivity index (χ4n) is 3.85. The smallest absolute Gasteiger partial charge is 0.464 e. The van der Waals surface area contributed by atoms with Gasteiger partial charge in [-0.25, -0.2) is 0 Å². The highest BCUT2D eigenvalue weighted by Crippen LogP contribution is 2.38. The van der Waals surface area contributed by atoms with Crippen LogP contribution in [0, 0.1) is 5.92 Å². The topological polar surface area (TPSA) is 101 Å². The maximum atomic E-state index is 12.6. The van der Waals surface area contributed by atoms with E-state index in [9.17, 15) is 14.8 Å². The van der Waals surface area contributed by atoms with Gasteiger partial charge in [0.2, 0.25) is 5.91 Å². The van der Waals surface area contributed by atoms with Gasteiger partial charge in [-0.2, -0.15) is 0 Å². The molecule has 3 heterocycles. The van der Waals surface area contributed by atoms with Crippen LogP contribution in [0.25, 0.3) is 11.0 Å². The Bertz CT molecular complexity index is 762. The molecular formula is C17H20BNO6. The molecule has 2 aliphatic heterocycles. The summed E-state index contributed by atoms with van der Waals surface area (Å²) >= 11 is 0. The summed E-state index contributed by atoms with van der Waals surface area (Å²) in [5.74, 6) is -0.382. The number of ether oxygens (including phenoxy) is 1. The number of para-hydroxylation sites is 1. The number of fused-ring (bicyclic) bond motifs is 3. The molecule has 4 atom stereocenters. The second-order valence-corrected chi connectivity index (χ2v) is 6.64. The predicted octanol–water partition coefficient (Wildman–Crippen LogP) is 0.971. The summed E-state index contributed by atoms with van der Waals surface area (Å²) < 4.78 is 16.3. The summed E-state index contributed by atoms with van der Waals surface area (Å²) in [5, 5.41) is 22.0. The third-order valence-corrected chi connectivity index (χ3v) is 5.00. The summed E-state index contributed by atoms with van der Waals surface area (Å²) in [7, 11) is -1.97. The molecule has 2 aromatic rings. The van der Waals surface area contributed by atoms with Crippen LogP contribution in [0.4, 0.5) is 0 Å². The van der Waals surface area contributed by atoms with Crippen LogP contribution in [0.5, 0.6) is 0 Å². The number of carbonyl (C=O) groups is 1. The molecule has 7 nitrogen and oxygen atoms in total. The summed E-state index contributed by atoms with van der Waals surface area (Å²) in [5.41, 5.74) is 1.55. The monoisotopic (exact) mass is 345 g/mol. The molecule has 2 fully saturated rings. The first-order chi connectivity index (χ1) is 12.1. The Labute approximate surface area is 145 Å². The van der Waals surface area contributed by atoms with E-state index in [2.05, 4.69) is 5.32 Å². The van der Waals surface area contributed by atoms with E-state index in [0.29, 0.717) is 6.42 Å². The lowest BCUT2D eigenvalue weighted by molar-refractivity contribution is -0.129. The minimum absolute atomic E-state index is 0.0422. The molecule has 0 radical (unpaired) electrons. The Hall–Kier alpha value is -1.87. The number of amides is 1. The van der Waals surface area contributed by atoms with Gasteiger partial charge in [-0.05, 0) is 25.3 Å². The molecule has 1 aromatic heterocycles. The largest absolute Gasteiger partial charge is 0.635 e. The zero-order chi connectivity index (χ0) is 17.4. The fourth-order valence-corrected chi connectivity index (χ4v) is 3.85. The first-order valence-electron chi connectivity index (χ1n) is 8.52. The number of benzene rings is 1. The van der Waals surface area contributed by atoms with E-state index in [-0.39, 0.29) is 30.5 Å². The maximum absolute atomic E-state index is 12.6. The third-order valence-electron chi connectivity index (χ3n) is 5.00. The van der Waals surface area contributed by atoms with Crippen molar-refractivity contribution in [3.8, 4) is 0 Å². The standard InChI is InChI=1S/C17H20BNO6/c20-17(13-8-11-5-6-15(13)24-11)19-16(25-18(21)22)7-10-9-23-14-4-2-1-3-12(10)14/h1-4,9,11,13,15-16,21-22H,5-8H2,(H,19,20)/t11-,13+,15+,16-/m1/s1. The fraction of sp³-hybridized carbons (Fsp3) is 0.471. The van der Waals surface area contributed by atoms with E-state index < -0.39 is 13.5 Å². The highest BCUT2D eigenvalue weighted by atomic mass is 16.6. The van der Waals surface area contributed by atoms with Crippen molar-refractivity contribution >= 4 is 24.2 Å². The van der Waals surface area contributed by atoms with E-state index in [4.69, 9.17) is 13.8 Å². The summed E-state index contributed by atoms with van der Waals surface area (Å²) in [6.45, 7) is 0. The minimum atomic E-state index is -1.97. The van der Waals surface area contributed by atoms with Gasteiger partial charge in [0.25, 0.3) is 0 Å². The number of hydrogen-bond donors (Lipinski definition) is 3. The van der Waals surface area contributed by atoms with Crippen molar-refractivity contribution in [2.24, 2.45) is 5.92 Å². The van der Waals surface area contributed by atoms with Crippen molar-refractivity contribution in [3.05, 3.63) is 36.1 Å². The highest BCUT2D eigenvalue weighted by Gasteiger charge is 2.44. The first-order valence-corrected chi connectivity index (χ1v) is 8.52. The quantitative estimate of drug-likeness (QED) is 0.533. The van der Waals surface area contributed by atoms with Gasteiger partial charge >= 0.3 is 7.32 Å². The molecule has 0 unspecified atom stereocenters. The van der Waals surface area contributed by atoms with Crippen molar-refractivity contribution in [2.45, 2.75) is 44.1 Å². The Morgan fingerprint density at radius 1 is 1.36 bits per heavy atom. The second-order valence-electron chi connectivity index (χ2n) is 6.64. The average molecular weight is 345 g/mol. The van der Waals surface area contributed by atoms with E-state index in [1.807, 2.05) is 24.3 Å².